The fourth-order valence-corrected chi connectivity index (χ4v) is 4.23. The van der Waals surface area contributed by atoms with Gasteiger partial charge in [-0.15, -0.1) is 0 Å². The van der Waals surface area contributed by atoms with Crippen LogP contribution in [0, 0.1) is 5.92 Å². The number of amides is 2. The summed E-state index contributed by atoms with van der Waals surface area (Å²) in [6.45, 7) is 4.94. The summed E-state index contributed by atoms with van der Waals surface area (Å²) >= 11 is 0. The molecule has 0 bridgehead atoms. The van der Waals surface area contributed by atoms with Gasteiger partial charge < -0.3 is 15.0 Å². The van der Waals surface area contributed by atoms with E-state index in [0.717, 1.165) is 40.1 Å². The van der Waals surface area contributed by atoms with Crippen LogP contribution in [-0.2, 0) is 6.54 Å². The van der Waals surface area contributed by atoms with E-state index in [2.05, 4.69) is 43.4 Å². The van der Waals surface area contributed by atoms with E-state index < -0.39 is 0 Å². The van der Waals surface area contributed by atoms with Gasteiger partial charge in [-0.2, -0.15) is 0 Å². The summed E-state index contributed by atoms with van der Waals surface area (Å²) in [7, 11) is 1.66. The number of para-hydroxylation sites is 1. The zero-order valence-electron chi connectivity index (χ0n) is 18.9. The van der Waals surface area contributed by atoms with Gasteiger partial charge in [-0.1, -0.05) is 74.5 Å². The lowest BCUT2D eigenvalue weighted by atomic mass is 9.89. The largest absolute Gasteiger partial charge is 0.497 e. The fourth-order valence-electron chi connectivity index (χ4n) is 4.23. The van der Waals surface area contributed by atoms with E-state index in [1.165, 1.54) is 0 Å². The van der Waals surface area contributed by atoms with Crippen molar-refractivity contribution in [3.05, 3.63) is 95.6 Å². The summed E-state index contributed by atoms with van der Waals surface area (Å²) in [4.78, 5) is 15.4. The molecule has 3 aromatic carbocycles. The summed E-state index contributed by atoms with van der Waals surface area (Å²) < 4.78 is 5.30. The maximum Gasteiger partial charge on any atom is 0.322 e. The summed E-state index contributed by atoms with van der Waals surface area (Å²) in [6, 6.07) is 26.2. The molecule has 0 aromatic heterocycles. The van der Waals surface area contributed by atoms with E-state index >= 15 is 0 Å². The van der Waals surface area contributed by atoms with Gasteiger partial charge in [0.1, 0.15) is 5.75 Å². The highest BCUT2D eigenvalue weighted by atomic mass is 16.5. The molecule has 2 amide bonds. The van der Waals surface area contributed by atoms with Gasteiger partial charge in [0.05, 0.1) is 13.2 Å². The predicted octanol–water partition coefficient (Wildman–Crippen LogP) is 6.70. The van der Waals surface area contributed by atoms with Gasteiger partial charge in [-0.05, 0) is 53.3 Å². The second kappa shape index (κ2) is 9.73. The lowest BCUT2D eigenvalue weighted by Crippen LogP contribution is -2.42. The molecule has 32 heavy (non-hydrogen) atoms. The minimum Gasteiger partial charge on any atom is -0.497 e. The summed E-state index contributed by atoms with van der Waals surface area (Å²) in [5.41, 5.74) is 5.29. The molecule has 1 unspecified atom stereocenters. The molecule has 164 valence electrons. The van der Waals surface area contributed by atoms with Crippen LogP contribution in [0.25, 0.3) is 11.6 Å². The highest BCUT2D eigenvalue weighted by Gasteiger charge is 2.33. The van der Waals surface area contributed by atoms with Crippen molar-refractivity contribution >= 4 is 23.4 Å². The van der Waals surface area contributed by atoms with Gasteiger partial charge in [-0.25, -0.2) is 4.79 Å². The summed E-state index contributed by atoms with van der Waals surface area (Å²) in [5, 5.41) is 3.16. The molecule has 0 saturated carbocycles. The smallest absolute Gasteiger partial charge is 0.322 e. The number of hydrogen-bond acceptors (Lipinski definition) is 2. The Morgan fingerprint density at radius 1 is 0.969 bits per heavy atom. The number of urea groups is 1. The average molecular weight is 427 g/mol. The number of anilines is 1. The van der Waals surface area contributed by atoms with Crippen LogP contribution >= 0.6 is 0 Å². The maximum absolute atomic E-state index is 13.5. The van der Waals surface area contributed by atoms with E-state index in [-0.39, 0.29) is 12.1 Å². The molecule has 0 spiro atoms. The topological polar surface area (TPSA) is 41.6 Å². The summed E-state index contributed by atoms with van der Waals surface area (Å²) in [5.74, 6) is 1.24. The van der Waals surface area contributed by atoms with Crippen LogP contribution in [0.15, 0.2) is 78.9 Å². The molecule has 4 nitrogen and oxygen atoms in total. The lowest BCUT2D eigenvalue weighted by Gasteiger charge is -2.33. The van der Waals surface area contributed by atoms with E-state index in [1.54, 1.807) is 7.11 Å². The Balaban J connectivity index is 1.81. The second-order valence-electron chi connectivity index (χ2n) is 8.61. The van der Waals surface area contributed by atoms with E-state index in [9.17, 15) is 4.79 Å². The minimum atomic E-state index is -0.0737. The molecule has 3 aromatic rings. The van der Waals surface area contributed by atoms with Gasteiger partial charge in [0.25, 0.3) is 0 Å². The van der Waals surface area contributed by atoms with E-state index in [0.29, 0.717) is 12.5 Å². The van der Waals surface area contributed by atoms with Gasteiger partial charge in [0.2, 0.25) is 0 Å². The van der Waals surface area contributed by atoms with Gasteiger partial charge in [-0.3, -0.25) is 0 Å². The van der Waals surface area contributed by atoms with Crippen molar-refractivity contribution in [2.24, 2.45) is 5.92 Å². The standard InChI is InChI=1S/C28H30N2O2/c1-20(2)17-27-25(18-21-9-5-4-6-10-21)24-11-7-8-12-26(24)29-28(31)30(27)19-22-13-15-23(32-3)16-14-22/h4-16,18,20,27H,17,19H2,1-3H3,(H,29,31)/b25-18-. The highest BCUT2D eigenvalue weighted by molar-refractivity contribution is 6.00. The Hall–Kier alpha value is -3.53. The second-order valence-corrected chi connectivity index (χ2v) is 8.61. The van der Waals surface area contributed by atoms with E-state index in [4.69, 9.17) is 4.74 Å². The molecule has 1 N–H and O–H groups in total. The van der Waals surface area contributed by atoms with Crippen LogP contribution in [0.1, 0.15) is 37.0 Å². The molecule has 1 aliphatic heterocycles. The number of nitrogens with one attached hydrogen (secondary N) is 1. The first-order chi connectivity index (χ1) is 15.5. The van der Waals surface area contributed by atoms with E-state index in [1.807, 2.05) is 65.6 Å². The Morgan fingerprint density at radius 2 is 1.66 bits per heavy atom. The molecule has 4 heteroatoms. The van der Waals surface area contributed by atoms with Crippen molar-refractivity contribution in [1.29, 1.82) is 0 Å². The number of carbonyl (C=O) groups excluding carboxylic acids is 1. The fraction of sp³-hybridized carbons (Fsp3) is 0.250. The Bertz CT molecular complexity index is 1090. The highest BCUT2D eigenvalue weighted by Crippen LogP contribution is 2.37. The predicted molar refractivity (Wildman–Crippen MR) is 132 cm³/mol. The third-order valence-corrected chi connectivity index (χ3v) is 5.80. The molecule has 0 fully saturated rings. The number of benzene rings is 3. The number of fused-ring (bicyclic) bond motifs is 1. The quantitative estimate of drug-likeness (QED) is 0.477. The van der Waals surface area contributed by atoms with Crippen LogP contribution in [0.5, 0.6) is 5.75 Å². The SMILES string of the molecule is COc1ccc(CN2C(=O)Nc3ccccc3/C(=C/c3ccccc3)C2CC(C)C)cc1. The number of ether oxygens (including phenoxy) is 1. The number of nitrogens with zero attached hydrogens (tertiary/aromatic N) is 1. The zero-order chi connectivity index (χ0) is 22.5. The van der Waals surface area contributed by atoms with Gasteiger partial charge in [0.15, 0.2) is 0 Å². The molecular weight excluding hydrogens is 396 g/mol. The molecule has 0 radical (unpaired) electrons. The first-order valence-electron chi connectivity index (χ1n) is 11.1. The van der Waals surface area contributed by atoms with Crippen LogP contribution in [0.2, 0.25) is 0 Å². The van der Waals surface area contributed by atoms with Crippen molar-refractivity contribution in [3.8, 4) is 5.75 Å². The number of rotatable bonds is 6. The minimum absolute atomic E-state index is 0.0547. The first kappa shape index (κ1) is 21.7. The molecule has 1 heterocycles. The third kappa shape index (κ3) is 4.86. The molecule has 0 aliphatic carbocycles. The monoisotopic (exact) mass is 426 g/mol. The van der Waals surface area contributed by atoms with Gasteiger partial charge >= 0.3 is 6.03 Å². The maximum atomic E-state index is 13.5. The molecule has 0 saturated heterocycles. The van der Waals surface area contributed by atoms with Crippen molar-refractivity contribution < 1.29 is 9.53 Å². The zero-order valence-corrected chi connectivity index (χ0v) is 18.9. The van der Waals surface area contributed by atoms with Crippen LogP contribution in [0.4, 0.5) is 10.5 Å². The molecule has 1 atom stereocenters. The van der Waals surface area contributed by atoms with Crippen molar-refractivity contribution in [3.63, 3.8) is 0 Å². The number of hydrogen-bond donors (Lipinski definition) is 1. The molecule has 1 aliphatic rings. The van der Waals surface area contributed by atoms with Crippen LogP contribution < -0.4 is 10.1 Å². The molecular formula is C28H30N2O2. The van der Waals surface area contributed by atoms with Crippen LogP contribution in [-0.4, -0.2) is 24.1 Å². The van der Waals surface area contributed by atoms with Crippen molar-refractivity contribution in [1.82, 2.24) is 4.90 Å². The Labute approximate surface area is 190 Å². The Morgan fingerprint density at radius 3 is 2.34 bits per heavy atom. The lowest BCUT2D eigenvalue weighted by molar-refractivity contribution is 0.192. The average Bonchev–Trinajstić information content (AvgIpc) is 2.90. The summed E-state index contributed by atoms with van der Waals surface area (Å²) in [6.07, 6.45) is 3.10. The normalized spacial score (nSPS) is 17.1. The number of carbonyl (C=O) groups is 1. The van der Waals surface area contributed by atoms with Crippen molar-refractivity contribution in [2.45, 2.75) is 32.9 Å². The first-order valence-corrected chi connectivity index (χ1v) is 11.1. The Kier molecular flexibility index (Phi) is 6.60. The number of methoxy groups -OCH3 is 1. The van der Waals surface area contributed by atoms with Gasteiger partial charge in [0, 0.05) is 17.8 Å². The van der Waals surface area contributed by atoms with Crippen molar-refractivity contribution in [2.75, 3.05) is 12.4 Å². The van der Waals surface area contributed by atoms with Crippen LogP contribution in [0.3, 0.4) is 0 Å². The third-order valence-electron chi connectivity index (χ3n) is 5.80. The molecule has 4 rings (SSSR count).